The summed E-state index contributed by atoms with van der Waals surface area (Å²) in [4.78, 5) is 25.5. The lowest BCUT2D eigenvalue weighted by molar-refractivity contribution is -0.870. The highest BCUT2D eigenvalue weighted by Crippen LogP contribution is 2.38. The molecule has 1 amide bonds. The van der Waals surface area contributed by atoms with Gasteiger partial charge in [-0.1, -0.05) is 256 Å². The Kier molecular flexibility index (Phi) is 47.8. The van der Waals surface area contributed by atoms with Crippen molar-refractivity contribution in [3.8, 4) is 0 Å². The maximum atomic E-state index is 13.0. The average molecular weight is 951 g/mol. The van der Waals surface area contributed by atoms with E-state index in [4.69, 9.17) is 9.05 Å². The molecule has 0 radical (unpaired) electrons. The molecule has 0 spiro atoms. The van der Waals surface area contributed by atoms with Crippen LogP contribution in [0.3, 0.4) is 0 Å². The molecule has 0 aromatic carbocycles. The van der Waals surface area contributed by atoms with Gasteiger partial charge >= 0.3 is 0 Å². The molecule has 3 atom stereocenters. The van der Waals surface area contributed by atoms with E-state index in [1.54, 1.807) is 6.08 Å². The van der Waals surface area contributed by atoms with Crippen molar-refractivity contribution in [1.82, 2.24) is 5.32 Å². The summed E-state index contributed by atoms with van der Waals surface area (Å²) < 4.78 is 23.4. The molecule has 0 aromatic heterocycles. The molecule has 0 rings (SSSR count). The molecule has 0 aliphatic rings. The van der Waals surface area contributed by atoms with E-state index in [-0.39, 0.29) is 19.1 Å². The number of phosphoric acid groups is 1. The molecule has 0 fully saturated rings. The van der Waals surface area contributed by atoms with E-state index >= 15 is 0 Å². The van der Waals surface area contributed by atoms with Gasteiger partial charge in [-0.25, -0.2) is 0 Å². The molecule has 0 saturated heterocycles. The first kappa shape index (κ1) is 64.7. The number of aliphatic hydroxyl groups is 1. The number of quaternary nitrogens is 1. The molecule has 3 unspecified atom stereocenters. The number of nitrogens with zero attached hydrogens (tertiary/aromatic N) is 1. The van der Waals surface area contributed by atoms with E-state index < -0.39 is 20.0 Å². The minimum atomic E-state index is -4.60. The lowest BCUT2D eigenvalue weighted by Crippen LogP contribution is -2.45. The highest BCUT2D eigenvalue weighted by atomic mass is 31.2. The number of hydrogen-bond donors (Lipinski definition) is 2. The molecule has 0 aliphatic carbocycles. The van der Waals surface area contributed by atoms with Crippen LogP contribution in [0.15, 0.2) is 36.5 Å². The Hall–Kier alpha value is -1.28. The summed E-state index contributed by atoms with van der Waals surface area (Å²) in [6.07, 6.45) is 62.1. The second-order valence-corrected chi connectivity index (χ2v) is 22.0. The van der Waals surface area contributed by atoms with E-state index in [1.807, 2.05) is 27.2 Å². The Bertz CT molecular complexity index is 1170. The van der Waals surface area contributed by atoms with E-state index in [1.165, 1.54) is 199 Å². The second kappa shape index (κ2) is 48.7. The summed E-state index contributed by atoms with van der Waals surface area (Å²) in [5.74, 6) is -0.195. The number of hydrogen-bond acceptors (Lipinski definition) is 6. The predicted molar refractivity (Wildman–Crippen MR) is 284 cm³/mol. The van der Waals surface area contributed by atoms with Crippen LogP contribution in [0.25, 0.3) is 0 Å². The van der Waals surface area contributed by atoms with Gasteiger partial charge in [-0.2, -0.15) is 0 Å². The van der Waals surface area contributed by atoms with Crippen LogP contribution < -0.4 is 10.2 Å². The minimum absolute atomic E-state index is 0.0000504. The van der Waals surface area contributed by atoms with Crippen LogP contribution in [0.4, 0.5) is 0 Å². The van der Waals surface area contributed by atoms with Gasteiger partial charge in [0.2, 0.25) is 5.91 Å². The summed E-state index contributed by atoms with van der Waals surface area (Å²) >= 11 is 0. The molecule has 0 bridgehead atoms. The van der Waals surface area contributed by atoms with Crippen molar-refractivity contribution in [1.29, 1.82) is 0 Å². The maximum Gasteiger partial charge on any atom is 0.268 e. The van der Waals surface area contributed by atoms with Crippen molar-refractivity contribution in [2.45, 2.75) is 283 Å². The van der Waals surface area contributed by atoms with Crippen molar-refractivity contribution in [2.75, 3.05) is 40.9 Å². The first-order valence-corrected chi connectivity index (χ1v) is 29.8. The molecule has 9 heteroatoms. The SMILES string of the molecule is CC/C=C\C/C=C\CCCCCCCCCCCCCCCCC(=O)NC(COP(=O)([O-])OCC[N+](C)(C)C)C(O)/C=C/CCCCCCCCCCCCCCCCCCCCCCC. The Morgan fingerprint density at radius 2 is 0.924 bits per heavy atom. The van der Waals surface area contributed by atoms with E-state index in [9.17, 15) is 19.4 Å². The van der Waals surface area contributed by atoms with Crippen LogP contribution in [-0.2, 0) is 18.4 Å². The summed E-state index contributed by atoms with van der Waals surface area (Å²) in [6, 6.07) is -0.886. The van der Waals surface area contributed by atoms with Crippen molar-refractivity contribution >= 4 is 13.7 Å². The van der Waals surface area contributed by atoms with Crippen molar-refractivity contribution in [2.24, 2.45) is 0 Å². The van der Waals surface area contributed by atoms with Gasteiger partial charge in [0.05, 0.1) is 39.9 Å². The van der Waals surface area contributed by atoms with Crippen LogP contribution in [-0.4, -0.2) is 68.5 Å². The Labute approximate surface area is 410 Å². The number of amides is 1. The molecule has 66 heavy (non-hydrogen) atoms. The fraction of sp³-hybridized carbons (Fsp3) is 0.877. The van der Waals surface area contributed by atoms with Gasteiger partial charge in [0.25, 0.3) is 7.82 Å². The molecular formula is C57H111N2O6P. The highest BCUT2D eigenvalue weighted by molar-refractivity contribution is 7.45. The lowest BCUT2D eigenvalue weighted by Gasteiger charge is -2.29. The number of rotatable bonds is 52. The van der Waals surface area contributed by atoms with Crippen LogP contribution in [0.5, 0.6) is 0 Å². The third-order valence-electron chi connectivity index (χ3n) is 12.9. The van der Waals surface area contributed by atoms with Crippen molar-refractivity contribution in [3.63, 3.8) is 0 Å². The fourth-order valence-electron chi connectivity index (χ4n) is 8.43. The van der Waals surface area contributed by atoms with Gasteiger partial charge in [-0.05, 0) is 44.9 Å². The zero-order valence-electron chi connectivity index (χ0n) is 44.4. The number of likely N-dealkylation sites (N-methyl/N-ethyl adjacent to an activating group) is 1. The third-order valence-corrected chi connectivity index (χ3v) is 13.8. The molecule has 0 saturated carbocycles. The molecule has 0 aliphatic heterocycles. The fourth-order valence-corrected chi connectivity index (χ4v) is 9.15. The van der Waals surface area contributed by atoms with Gasteiger partial charge in [0, 0.05) is 6.42 Å². The lowest BCUT2D eigenvalue weighted by atomic mass is 10.0. The zero-order valence-corrected chi connectivity index (χ0v) is 45.3. The molecule has 390 valence electrons. The number of carbonyl (C=O) groups excluding carboxylic acids is 1. The van der Waals surface area contributed by atoms with Crippen LogP contribution in [0.1, 0.15) is 271 Å². The molecule has 0 heterocycles. The highest BCUT2D eigenvalue weighted by Gasteiger charge is 2.23. The van der Waals surface area contributed by atoms with Crippen molar-refractivity contribution < 1.29 is 32.9 Å². The monoisotopic (exact) mass is 951 g/mol. The summed E-state index contributed by atoms with van der Waals surface area (Å²) in [6.45, 7) is 4.58. The summed E-state index contributed by atoms with van der Waals surface area (Å²) in [5, 5.41) is 13.9. The largest absolute Gasteiger partial charge is 0.756 e. The van der Waals surface area contributed by atoms with Gasteiger partial charge in [-0.3, -0.25) is 9.36 Å². The first-order chi connectivity index (χ1) is 32.0. The Balaban J connectivity index is 4.21. The zero-order chi connectivity index (χ0) is 48.5. The topological polar surface area (TPSA) is 108 Å². The third kappa shape index (κ3) is 50.6. The maximum absolute atomic E-state index is 13.0. The Morgan fingerprint density at radius 3 is 1.33 bits per heavy atom. The van der Waals surface area contributed by atoms with Crippen LogP contribution >= 0.6 is 7.82 Å². The van der Waals surface area contributed by atoms with Crippen LogP contribution in [0.2, 0.25) is 0 Å². The quantitative estimate of drug-likeness (QED) is 0.0272. The predicted octanol–water partition coefficient (Wildman–Crippen LogP) is 16.4. The van der Waals surface area contributed by atoms with E-state index in [0.29, 0.717) is 17.4 Å². The van der Waals surface area contributed by atoms with Gasteiger partial charge in [0.15, 0.2) is 0 Å². The summed E-state index contributed by atoms with van der Waals surface area (Å²) in [5.41, 5.74) is 0. The van der Waals surface area contributed by atoms with E-state index in [2.05, 4.69) is 43.5 Å². The molecule has 0 aromatic rings. The number of phosphoric ester groups is 1. The van der Waals surface area contributed by atoms with Gasteiger partial charge in [0.1, 0.15) is 13.2 Å². The number of nitrogens with one attached hydrogen (secondary N) is 1. The van der Waals surface area contributed by atoms with Gasteiger partial charge in [-0.15, -0.1) is 0 Å². The van der Waals surface area contributed by atoms with Crippen LogP contribution in [0, 0.1) is 0 Å². The summed E-state index contributed by atoms with van der Waals surface area (Å²) in [7, 11) is 1.27. The normalized spacial score (nSPS) is 14.2. The number of allylic oxidation sites excluding steroid dienone is 5. The molecule has 2 N–H and O–H groups in total. The first-order valence-electron chi connectivity index (χ1n) is 28.4. The molecule has 8 nitrogen and oxygen atoms in total. The Morgan fingerprint density at radius 1 is 0.545 bits per heavy atom. The number of aliphatic hydroxyl groups excluding tert-OH is 1. The number of carbonyl (C=O) groups is 1. The van der Waals surface area contributed by atoms with Gasteiger partial charge < -0.3 is 28.8 Å². The van der Waals surface area contributed by atoms with Crippen molar-refractivity contribution in [3.05, 3.63) is 36.5 Å². The number of unbranched alkanes of at least 4 members (excludes halogenated alkanes) is 35. The van der Waals surface area contributed by atoms with E-state index in [0.717, 1.165) is 51.4 Å². The second-order valence-electron chi connectivity index (χ2n) is 20.6. The standard InChI is InChI=1S/C57H111N2O6P/c1-6-8-10-12-14-16-18-20-22-24-26-28-29-31-32-34-36-38-40-42-44-46-48-50-56(60)55(54-65-66(62,63)64-53-52-59(3,4)5)58-57(61)51-49-47-45-43-41-39-37-35-33-30-27-25-23-21-19-17-15-13-11-9-7-2/h9,11,15,17,48,50,55-56,60H,6-8,10,12-14,16,18-47,49,51-54H2,1-5H3,(H-,58,61,62,63)/b11-9-,17-15-,50-48+. The average Bonchev–Trinajstić information content (AvgIpc) is 3.28. The minimum Gasteiger partial charge on any atom is -0.756 e. The molecular weight excluding hydrogens is 840 g/mol. The smallest absolute Gasteiger partial charge is 0.268 e.